The molecule has 0 aliphatic carbocycles. The Labute approximate surface area is 123 Å². The Morgan fingerprint density at radius 2 is 2.05 bits per heavy atom. The summed E-state index contributed by atoms with van der Waals surface area (Å²) in [6.45, 7) is -0.125. The summed E-state index contributed by atoms with van der Waals surface area (Å²) >= 11 is 0. The Kier molecular flexibility index (Phi) is 4.42. The van der Waals surface area contributed by atoms with Crippen LogP contribution in [0.25, 0.3) is 0 Å². The Balaban J connectivity index is 2.05. The molecular weight excluding hydrogens is 266 g/mol. The average Bonchev–Trinajstić information content (AvgIpc) is 2.52. The summed E-state index contributed by atoms with van der Waals surface area (Å²) < 4.78 is 5.41. The van der Waals surface area contributed by atoms with E-state index in [1.165, 1.54) is 4.90 Å². The van der Waals surface area contributed by atoms with E-state index in [1.807, 2.05) is 0 Å². The van der Waals surface area contributed by atoms with Gasteiger partial charge in [-0.2, -0.15) is 5.26 Å². The van der Waals surface area contributed by atoms with Gasteiger partial charge in [-0.05, 0) is 24.3 Å². The molecule has 0 saturated heterocycles. The van der Waals surface area contributed by atoms with Crippen LogP contribution in [0.5, 0.6) is 5.75 Å². The van der Waals surface area contributed by atoms with Crippen molar-refractivity contribution in [3.63, 3.8) is 0 Å². The van der Waals surface area contributed by atoms with Crippen molar-refractivity contribution in [2.24, 2.45) is 0 Å². The monoisotopic (exact) mass is 281 g/mol. The van der Waals surface area contributed by atoms with E-state index in [2.05, 4.69) is 6.07 Å². The van der Waals surface area contributed by atoms with Gasteiger partial charge >= 0.3 is 0 Å². The molecule has 0 heterocycles. The van der Waals surface area contributed by atoms with Gasteiger partial charge in [0.15, 0.2) is 6.61 Å². The maximum atomic E-state index is 12.1. The number of hydrogen-bond donors (Lipinski definition) is 1. The van der Waals surface area contributed by atoms with Crippen molar-refractivity contribution in [1.82, 2.24) is 0 Å². The maximum Gasteiger partial charge on any atom is 0.264 e. The first-order chi connectivity index (χ1) is 10.1. The number of nitriles is 1. The Morgan fingerprint density at radius 3 is 2.76 bits per heavy atom. The fourth-order valence-corrected chi connectivity index (χ4v) is 1.84. The molecule has 2 rings (SSSR count). The van der Waals surface area contributed by atoms with Gasteiger partial charge in [0.1, 0.15) is 11.8 Å². The molecule has 0 bridgehead atoms. The van der Waals surface area contributed by atoms with Crippen molar-refractivity contribution in [2.75, 3.05) is 24.3 Å². The number of nitrogens with two attached hydrogens (primary N) is 1. The molecule has 2 aromatic carbocycles. The van der Waals surface area contributed by atoms with E-state index in [-0.39, 0.29) is 12.5 Å². The number of benzene rings is 2. The molecular formula is C16H15N3O2. The second-order valence-corrected chi connectivity index (χ2v) is 4.44. The van der Waals surface area contributed by atoms with Crippen LogP contribution in [0.4, 0.5) is 11.4 Å². The molecule has 0 radical (unpaired) electrons. The number of nitrogens with zero attached hydrogens (tertiary/aromatic N) is 2. The standard InChI is InChI=1S/C16H15N3O2/c1-19(15-8-3-2-5-12(15)10-17)16(20)11-21-14-7-4-6-13(18)9-14/h2-9H,11,18H2,1H3. The highest BCUT2D eigenvalue weighted by Crippen LogP contribution is 2.19. The molecule has 21 heavy (non-hydrogen) atoms. The van der Waals surface area contributed by atoms with Gasteiger partial charge in [-0.25, -0.2) is 0 Å². The zero-order valence-electron chi connectivity index (χ0n) is 11.6. The van der Waals surface area contributed by atoms with Crippen LogP contribution in [-0.4, -0.2) is 19.6 Å². The highest BCUT2D eigenvalue weighted by molar-refractivity contribution is 5.95. The number of likely N-dealkylation sites (N-methyl/N-ethyl adjacent to an activating group) is 1. The van der Waals surface area contributed by atoms with Gasteiger partial charge in [0, 0.05) is 18.8 Å². The fraction of sp³-hybridized carbons (Fsp3) is 0.125. The van der Waals surface area contributed by atoms with Gasteiger partial charge in [-0.1, -0.05) is 18.2 Å². The summed E-state index contributed by atoms with van der Waals surface area (Å²) in [5, 5.41) is 9.05. The third-order valence-corrected chi connectivity index (χ3v) is 2.98. The number of amides is 1. The first kappa shape index (κ1) is 14.4. The van der Waals surface area contributed by atoms with Gasteiger partial charge < -0.3 is 15.4 Å². The lowest BCUT2D eigenvalue weighted by Gasteiger charge is -2.18. The molecule has 5 heteroatoms. The smallest absolute Gasteiger partial charge is 0.264 e. The molecule has 0 spiro atoms. The minimum Gasteiger partial charge on any atom is -0.484 e. The number of ether oxygens (including phenoxy) is 1. The van der Waals surface area contributed by atoms with Gasteiger partial charge in [-0.15, -0.1) is 0 Å². The lowest BCUT2D eigenvalue weighted by Crippen LogP contribution is -2.31. The van der Waals surface area contributed by atoms with Crippen molar-refractivity contribution in [2.45, 2.75) is 0 Å². The van der Waals surface area contributed by atoms with Crippen LogP contribution >= 0.6 is 0 Å². The summed E-state index contributed by atoms with van der Waals surface area (Å²) in [6.07, 6.45) is 0. The second-order valence-electron chi connectivity index (χ2n) is 4.44. The number of hydrogen-bond acceptors (Lipinski definition) is 4. The van der Waals surface area contributed by atoms with Crippen LogP contribution in [0.1, 0.15) is 5.56 Å². The van der Waals surface area contributed by atoms with Crippen LogP contribution < -0.4 is 15.4 Å². The minimum atomic E-state index is -0.250. The highest BCUT2D eigenvalue weighted by Gasteiger charge is 2.14. The van der Waals surface area contributed by atoms with Crippen molar-refractivity contribution in [3.8, 4) is 11.8 Å². The average molecular weight is 281 g/mol. The largest absolute Gasteiger partial charge is 0.484 e. The topological polar surface area (TPSA) is 79.3 Å². The van der Waals surface area contributed by atoms with Gasteiger partial charge in [0.2, 0.25) is 0 Å². The summed E-state index contributed by atoms with van der Waals surface area (Å²) in [6, 6.07) is 15.8. The number of carbonyl (C=O) groups excluding carboxylic acids is 1. The van der Waals surface area contributed by atoms with Crippen LogP contribution in [0.2, 0.25) is 0 Å². The van der Waals surface area contributed by atoms with Crippen LogP contribution in [-0.2, 0) is 4.79 Å². The van der Waals surface area contributed by atoms with Crippen molar-refractivity contribution in [3.05, 3.63) is 54.1 Å². The van der Waals surface area contributed by atoms with Crippen LogP contribution in [0, 0.1) is 11.3 Å². The fourth-order valence-electron chi connectivity index (χ4n) is 1.84. The molecule has 5 nitrogen and oxygen atoms in total. The van der Waals surface area contributed by atoms with Crippen molar-refractivity contribution < 1.29 is 9.53 Å². The summed E-state index contributed by atoms with van der Waals surface area (Å²) in [4.78, 5) is 13.5. The zero-order chi connectivity index (χ0) is 15.2. The zero-order valence-corrected chi connectivity index (χ0v) is 11.6. The molecule has 0 aliphatic heterocycles. The number of nitrogen functional groups attached to an aromatic ring is 1. The predicted molar refractivity (Wildman–Crippen MR) is 80.9 cm³/mol. The third-order valence-electron chi connectivity index (χ3n) is 2.98. The summed E-state index contributed by atoms with van der Waals surface area (Å²) in [5.74, 6) is 0.283. The first-order valence-electron chi connectivity index (χ1n) is 6.36. The van der Waals surface area contributed by atoms with E-state index in [9.17, 15) is 4.79 Å². The lowest BCUT2D eigenvalue weighted by atomic mass is 10.2. The van der Waals surface area contributed by atoms with E-state index in [0.29, 0.717) is 22.7 Å². The molecule has 0 unspecified atom stereocenters. The Hall–Kier alpha value is -3.00. The predicted octanol–water partition coefficient (Wildman–Crippen LogP) is 2.18. The first-order valence-corrected chi connectivity index (χ1v) is 6.36. The molecule has 2 N–H and O–H groups in total. The second kappa shape index (κ2) is 6.44. The molecule has 0 aromatic heterocycles. The quantitative estimate of drug-likeness (QED) is 0.871. The molecule has 0 saturated carbocycles. The minimum absolute atomic E-state index is 0.125. The maximum absolute atomic E-state index is 12.1. The summed E-state index contributed by atoms with van der Waals surface area (Å²) in [7, 11) is 1.61. The molecule has 2 aromatic rings. The number of carbonyl (C=O) groups is 1. The highest BCUT2D eigenvalue weighted by atomic mass is 16.5. The van der Waals surface area contributed by atoms with Crippen LogP contribution in [0.3, 0.4) is 0 Å². The molecule has 0 aliphatic rings. The SMILES string of the molecule is CN(C(=O)COc1cccc(N)c1)c1ccccc1C#N. The van der Waals surface area contributed by atoms with Gasteiger partial charge in [0.05, 0.1) is 11.3 Å². The van der Waals surface area contributed by atoms with E-state index in [0.717, 1.165) is 0 Å². The number of anilines is 2. The van der Waals surface area contributed by atoms with Crippen LogP contribution in [0.15, 0.2) is 48.5 Å². The van der Waals surface area contributed by atoms with E-state index in [4.69, 9.17) is 15.7 Å². The normalized spacial score (nSPS) is 9.71. The molecule has 1 amide bonds. The molecule has 0 fully saturated rings. The number of para-hydroxylation sites is 1. The Bertz CT molecular complexity index is 692. The van der Waals surface area contributed by atoms with E-state index in [1.54, 1.807) is 55.6 Å². The molecule has 106 valence electrons. The Morgan fingerprint density at radius 1 is 1.29 bits per heavy atom. The van der Waals surface area contributed by atoms with Gasteiger partial charge in [-0.3, -0.25) is 4.79 Å². The summed E-state index contributed by atoms with van der Waals surface area (Å²) in [5.41, 5.74) is 7.21. The van der Waals surface area contributed by atoms with E-state index < -0.39 is 0 Å². The third kappa shape index (κ3) is 3.51. The van der Waals surface area contributed by atoms with Gasteiger partial charge in [0.25, 0.3) is 5.91 Å². The number of rotatable bonds is 4. The molecule has 0 atom stereocenters. The van der Waals surface area contributed by atoms with E-state index >= 15 is 0 Å². The lowest BCUT2D eigenvalue weighted by molar-refractivity contribution is -0.120. The van der Waals surface area contributed by atoms with Crippen molar-refractivity contribution in [1.29, 1.82) is 5.26 Å². The van der Waals surface area contributed by atoms with Crippen molar-refractivity contribution >= 4 is 17.3 Å².